The molecular formula is C10H10N2OS. The van der Waals surface area contributed by atoms with Crippen molar-refractivity contribution in [2.24, 2.45) is 0 Å². The van der Waals surface area contributed by atoms with Gasteiger partial charge in [-0.25, -0.2) is 0 Å². The van der Waals surface area contributed by atoms with Crippen molar-refractivity contribution in [2.45, 2.75) is 4.90 Å². The van der Waals surface area contributed by atoms with E-state index in [1.807, 2.05) is 30.5 Å². The molecule has 2 rings (SSSR count). The summed E-state index contributed by atoms with van der Waals surface area (Å²) in [4.78, 5) is 1.23. The molecule has 0 atom stereocenters. The molecule has 0 spiro atoms. The molecule has 0 aliphatic carbocycles. The summed E-state index contributed by atoms with van der Waals surface area (Å²) in [5, 5.41) is 3.64. The summed E-state index contributed by atoms with van der Waals surface area (Å²) in [6.45, 7) is 0. The van der Waals surface area contributed by atoms with E-state index in [1.54, 1.807) is 18.0 Å². The first-order chi connectivity index (χ1) is 6.81. The first-order valence-electron chi connectivity index (χ1n) is 4.16. The van der Waals surface area contributed by atoms with Crippen LogP contribution in [0.25, 0.3) is 11.1 Å². The number of nitrogens with two attached hydrogens (primary N) is 1. The molecule has 0 bridgehead atoms. The molecule has 4 heteroatoms. The summed E-state index contributed by atoms with van der Waals surface area (Å²) >= 11 is 1.71. The van der Waals surface area contributed by atoms with E-state index < -0.39 is 0 Å². The van der Waals surface area contributed by atoms with Crippen molar-refractivity contribution in [1.29, 1.82) is 0 Å². The largest absolute Gasteiger partial charge is 0.367 e. The van der Waals surface area contributed by atoms with E-state index in [0.717, 1.165) is 11.1 Å². The monoisotopic (exact) mass is 206 g/mol. The van der Waals surface area contributed by atoms with Crippen molar-refractivity contribution < 1.29 is 4.52 Å². The number of thioether (sulfide) groups is 1. The molecule has 0 saturated heterocycles. The molecule has 1 heterocycles. The molecule has 0 amide bonds. The molecule has 3 nitrogen and oxygen atoms in total. The number of nitrogen functional groups attached to an aromatic ring is 1. The van der Waals surface area contributed by atoms with Crippen LogP contribution in [0, 0.1) is 0 Å². The molecule has 1 aromatic carbocycles. The number of hydrogen-bond acceptors (Lipinski definition) is 4. The van der Waals surface area contributed by atoms with E-state index in [9.17, 15) is 0 Å². The summed E-state index contributed by atoms with van der Waals surface area (Å²) in [5.41, 5.74) is 7.48. The number of hydrogen-bond donors (Lipinski definition) is 1. The van der Waals surface area contributed by atoms with Gasteiger partial charge in [-0.3, -0.25) is 0 Å². The highest BCUT2D eigenvalue weighted by atomic mass is 32.2. The van der Waals surface area contributed by atoms with Crippen LogP contribution in [0.15, 0.2) is 39.9 Å². The summed E-state index contributed by atoms with van der Waals surface area (Å²) in [6.07, 6.45) is 3.67. The quantitative estimate of drug-likeness (QED) is 0.767. The van der Waals surface area contributed by atoms with Crippen LogP contribution in [0.3, 0.4) is 0 Å². The van der Waals surface area contributed by atoms with Gasteiger partial charge in [0.25, 0.3) is 0 Å². The molecule has 2 aromatic rings. The van der Waals surface area contributed by atoms with Gasteiger partial charge < -0.3 is 10.3 Å². The Labute approximate surface area is 86.3 Å². The topological polar surface area (TPSA) is 52.0 Å². The first-order valence-corrected chi connectivity index (χ1v) is 5.38. The second-order valence-corrected chi connectivity index (χ2v) is 3.71. The van der Waals surface area contributed by atoms with E-state index in [4.69, 9.17) is 10.3 Å². The summed E-state index contributed by atoms with van der Waals surface area (Å²) in [6, 6.07) is 8.11. The van der Waals surface area contributed by atoms with Gasteiger partial charge in [0.15, 0.2) is 0 Å². The Morgan fingerprint density at radius 1 is 1.29 bits per heavy atom. The van der Waals surface area contributed by atoms with Gasteiger partial charge in [-0.15, -0.1) is 11.8 Å². The molecule has 0 aliphatic heterocycles. The van der Waals surface area contributed by atoms with Crippen LogP contribution in [0.5, 0.6) is 0 Å². The smallest absolute Gasteiger partial charge is 0.229 e. The molecule has 72 valence electrons. The van der Waals surface area contributed by atoms with E-state index in [0.29, 0.717) is 5.88 Å². The fraction of sp³-hybridized carbons (Fsp3) is 0.100. The van der Waals surface area contributed by atoms with Crippen LogP contribution >= 0.6 is 11.8 Å². The Bertz CT molecular complexity index is 422. The van der Waals surface area contributed by atoms with Gasteiger partial charge in [-0.1, -0.05) is 17.3 Å². The van der Waals surface area contributed by atoms with Gasteiger partial charge in [0.1, 0.15) is 0 Å². The molecule has 14 heavy (non-hydrogen) atoms. The Morgan fingerprint density at radius 3 is 2.50 bits per heavy atom. The molecular weight excluding hydrogens is 196 g/mol. The zero-order chi connectivity index (χ0) is 9.97. The zero-order valence-corrected chi connectivity index (χ0v) is 8.54. The lowest BCUT2D eigenvalue weighted by atomic mass is 10.1. The molecule has 0 radical (unpaired) electrons. The fourth-order valence-electron chi connectivity index (χ4n) is 1.24. The average Bonchev–Trinajstić information content (AvgIpc) is 2.65. The number of anilines is 1. The van der Waals surface area contributed by atoms with Gasteiger partial charge in [0, 0.05) is 4.90 Å². The Balaban J connectivity index is 2.39. The second-order valence-electron chi connectivity index (χ2n) is 2.83. The zero-order valence-electron chi connectivity index (χ0n) is 7.73. The lowest BCUT2D eigenvalue weighted by molar-refractivity contribution is 0.436. The minimum Gasteiger partial charge on any atom is -0.367 e. The normalized spacial score (nSPS) is 10.4. The van der Waals surface area contributed by atoms with Crippen molar-refractivity contribution >= 4 is 17.6 Å². The van der Waals surface area contributed by atoms with Crippen molar-refractivity contribution in [3.63, 3.8) is 0 Å². The standard InChI is InChI=1S/C10H10N2OS/c1-14-8-4-2-7(3-5-8)9-6-12-13-10(9)11/h2-6H,11H2,1H3. The third-order valence-corrected chi connectivity index (χ3v) is 2.74. The Hall–Kier alpha value is -1.42. The van der Waals surface area contributed by atoms with E-state index >= 15 is 0 Å². The Morgan fingerprint density at radius 2 is 2.00 bits per heavy atom. The maximum absolute atomic E-state index is 5.61. The lowest BCUT2D eigenvalue weighted by Gasteiger charge is -1.99. The predicted molar refractivity (Wildman–Crippen MR) is 58.1 cm³/mol. The van der Waals surface area contributed by atoms with Crippen LogP contribution in [0.4, 0.5) is 5.88 Å². The number of nitrogens with zero attached hydrogens (tertiary/aromatic N) is 1. The highest BCUT2D eigenvalue weighted by Crippen LogP contribution is 2.26. The third-order valence-electron chi connectivity index (χ3n) is 2.00. The average molecular weight is 206 g/mol. The minimum absolute atomic E-state index is 0.363. The van der Waals surface area contributed by atoms with Gasteiger partial charge >= 0.3 is 0 Å². The van der Waals surface area contributed by atoms with Crippen LogP contribution in [-0.2, 0) is 0 Å². The van der Waals surface area contributed by atoms with E-state index in [1.165, 1.54) is 4.90 Å². The molecule has 0 aliphatic rings. The summed E-state index contributed by atoms with van der Waals surface area (Å²) in [5.74, 6) is 0.363. The van der Waals surface area contributed by atoms with Crippen molar-refractivity contribution in [3.05, 3.63) is 30.5 Å². The SMILES string of the molecule is CSc1ccc(-c2cnoc2N)cc1. The Kier molecular flexibility index (Phi) is 2.45. The van der Waals surface area contributed by atoms with Crippen LogP contribution in [-0.4, -0.2) is 11.4 Å². The molecule has 0 unspecified atom stereocenters. The minimum atomic E-state index is 0.363. The lowest BCUT2D eigenvalue weighted by Crippen LogP contribution is -1.84. The van der Waals surface area contributed by atoms with Crippen LogP contribution < -0.4 is 5.73 Å². The van der Waals surface area contributed by atoms with Crippen molar-refractivity contribution in [1.82, 2.24) is 5.16 Å². The summed E-state index contributed by atoms with van der Waals surface area (Å²) < 4.78 is 4.80. The number of aromatic nitrogens is 1. The molecule has 0 saturated carbocycles. The van der Waals surface area contributed by atoms with E-state index in [-0.39, 0.29) is 0 Å². The van der Waals surface area contributed by atoms with Gasteiger partial charge in [-0.2, -0.15) is 0 Å². The van der Waals surface area contributed by atoms with Gasteiger partial charge in [0.05, 0.1) is 11.8 Å². The predicted octanol–water partition coefficient (Wildman–Crippen LogP) is 2.65. The summed E-state index contributed by atoms with van der Waals surface area (Å²) in [7, 11) is 0. The van der Waals surface area contributed by atoms with Gasteiger partial charge in [0.2, 0.25) is 5.88 Å². The maximum atomic E-state index is 5.61. The van der Waals surface area contributed by atoms with E-state index in [2.05, 4.69) is 5.16 Å². The third kappa shape index (κ3) is 1.61. The molecule has 1 aromatic heterocycles. The van der Waals surface area contributed by atoms with Gasteiger partial charge in [-0.05, 0) is 24.0 Å². The highest BCUT2D eigenvalue weighted by Gasteiger charge is 2.05. The second kappa shape index (κ2) is 3.75. The number of rotatable bonds is 2. The number of benzene rings is 1. The maximum Gasteiger partial charge on any atom is 0.229 e. The highest BCUT2D eigenvalue weighted by molar-refractivity contribution is 7.98. The molecule has 0 fully saturated rings. The van der Waals surface area contributed by atoms with Crippen molar-refractivity contribution in [3.8, 4) is 11.1 Å². The van der Waals surface area contributed by atoms with Crippen LogP contribution in [0.1, 0.15) is 0 Å². The molecule has 2 N–H and O–H groups in total. The van der Waals surface area contributed by atoms with Crippen molar-refractivity contribution in [2.75, 3.05) is 12.0 Å². The van der Waals surface area contributed by atoms with Crippen LogP contribution in [0.2, 0.25) is 0 Å². The first kappa shape index (κ1) is 9.15. The fourth-order valence-corrected chi connectivity index (χ4v) is 1.64.